The molecule has 0 radical (unpaired) electrons. The zero-order chi connectivity index (χ0) is 9.68. The summed E-state index contributed by atoms with van der Waals surface area (Å²) in [6, 6.07) is 0.354. The molecule has 4 heteroatoms. The summed E-state index contributed by atoms with van der Waals surface area (Å²) >= 11 is 3.98. The van der Waals surface area contributed by atoms with Crippen LogP contribution in [0.15, 0.2) is 0 Å². The van der Waals surface area contributed by atoms with Crippen molar-refractivity contribution in [3.8, 4) is 0 Å². The number of thiol groups is 1. The fraction of sp³-hybridized carbons (Fsp3) is 0.889. The molecule has 0 aromatic heterocycles. The van der Waals surface area contributed by atoms with Crippen molar-refractivity contribution in [2.45, 2.75) is 31.7 Å². The van der Waals surface area contributed by atoms with Crippen molar-refractivity contribution in [1.29, 1.82) is 0 Å². The zero-order valence-corrected chi connectivity index (χ0v) is 8.67. The first kappa shape index (κ1) is 10.9. The second-order valence-electron chi connectivity index (χ2n) is 3.41. The quantitative estimate of drug-likeness (QED) is 0.660. The van der Waals surface area contributed by atoms with Crippen LogP contribution in [0.1, 0.15) is 25.7 Å². The molecular formula is C9H17NO2S. The molecule has 0 saturated carbocycles. The fourth-order valence-electron chi connectivity index (χ4n) is 1.88. The van der Waals surface area contributed by atoms with E-state index in [1.165, 1.54) is 0 Å². The second kappa shape index (κ2) is 5.50. The predicted octanol–water partition coefficient (Wildman–Crippen LogP) is 0.680. The summed E-state index contributed by atoms with van der Waals surface area (Å²) in [5, 5.41) is 8.69. The van der Waals surface area contributed by atoms with Gasteiger partial charge in [-0.05, 0) is 25.7 Å². The molecule has 1 unspecified atom stereocenters. The summed E-state index contributed by atoms with van der Waals surface area (Å²) < 4.78 is 0. The van der Waals surface area contributed by atoms with Gasteiger partial charge < -0.3 is 10.0 Å². The van der Waals surface area contributed by atoms with Gasteiger partial charge in [0.2, 0.25) is 5.91 Å². The third-order valence-corrected chi connectivity index (χ3v) is 2.80. The van der Waals surface area contributed by atoms with Crippen molar-refractivity contribution >= 4 is 18.5 Å². The van der Waals surface area contributed by atoms with Crippen LogP contribution in [0.25, 0.3) is 0 Å². The van der Waals surface area contributed by atoms with Gasteiger partial charge in [0.15, 0.2) is 0 Å². The molecule has 1 rings (SSSR count). The number of amides is 1. The molecule has 1 heterocycles. The molecular weight excluding hydrogens is 186 g/mol. The number of carbonyl (C=O) groups is 1. The van der Waals surface area contributed by atoms with E-state index in [4.69, 9.17) is 5.11 Å². The van der Waals surface area contributed by atoms with E-state index in [1.807, 2.05) is 4.90 Å². The standard InChI is InChI=1S/C9H17NO2S/c11-6-2-4-8-3-1-5-10(8)9(12)7-13/h8,11,13H,1-7H2. The maximum Gasteiger partial charge on any atom is 0.232 e. The van der Waals surface area contributed by atoms with Crippen LogP contribution in [0, 0.1) is 0 Å². The first-order valence-electron chi connectivity index (χ1n) is 4.80. The number of aliphatic hydroxyl groups excluding tert-OH is 1. The van der Waals surface area contributed by atoms with E-state index in [9.17, 15) is 4.79 Å². The molecule has 1 atom stereocenters. The Morgan fingerprint density at radius 2 is 2.38 bits per heavy atom. The molecule has 13 heavy (non-hydrogen) atoms. The third kappa shape index (κ3) is 2.88. The molecule has 76 valence electrons. The van der Waals surface area contributed by atoms with Crippen LogP contribution in [0.3, 0.4) is 0 Å². The van der Waals surface area contributed by atoms with Crippen LogP contribution in [-0.4, -0.2) is 40.9 Å². The molecule has 1 aliphatic rings. The van der Waals surface area contributed by atoms with E-state index in [2.05, 4.69) is 12.6 Å². The van der Waals surface area contributed by atoms with Crippen LogP contribution in [0.2, 0.25) is 0 Å². The maximum atomic E-state index is 11.4. The summed E-state index contributed by atoms with van der Waals surface area (Å²) in [5.74, 6) is 0.430. The van der Waals surface area contributed by atoms with Gasteiger partial charge in [-0.25, -0.2) is 0 Å². The monoisotopic (exact) mass is 203 g/mol. The van der Waals surface area contributed by atoms with Crippen molar-refractivity contribution in [2.75, 3.05) is 18.9 Å². The number of rotatable bonds is 4. The second-order valence-corrected chi connectivity index (χ2v) is 3.72. The van der Waals surface area contributed by atoms with Gasteiger partial charge in [0.25, 0.3) is 0 Å². The first-order chi connectivity index (χ1) is 6.29. The van der Waals surface area contributed by atoms with E-state index >= 15 is 0 Å². The Hall–Kier alpha value is -0.220. The lowest BCUT2D eigenvalue weighted by Gasteiger charge is -2.23. The van der Waals surface area contributed by atoms with Crippen molar-refractivity contribution < 1.29 is 9.90 Å². The fourth-order valence-corrected chi connectivity index (χ4v) is 2.06. The topological polar surface area (TPSA) is 40.5 Å². The van der Waals surface area contributed by atoms with Gasteiger partial charge in [0.1, 0.15) is 0 Å². The highest BCUT2D eigenvalue weighted by Crippen LogP contribution is 2.21. The molecule has 0 aromatic rings. The molecule has 1 N–H and O–H groups in total. The highest BCUT2D eigenvalue weighted by molar-refractivity contribution is 7.81. The Morgan fingerprint density at radius 1 is 1.62 bits per heavy atom. The Kier molecular flexibility index (Phi) is 4.59. The predicted molar refractivity (Wildman–Crippen MR) is 54.9 cm³/mol. The van der Waals surface area contributed by atoms with Crippen molar-refractivity contribution in [2.24, 2.45) is 0 Å². The van der Waals surface area contributed by atoms with Crippen LogP contribution in [0.4, 0.5) is 0 Å². The average Bonchev–Trinajstić information content (AvgIpc) is 2.61. The van der Waals surface area contributed by atoms with Crippen molar-refractivity contribution in [3.63, 3.8) is 0 Å². The van der Waals surface area contributed by atoms with E-state index in [1.54, 1.807) is 0 Å². The highest BCUT2D eigenvalue weighted by Gasteiger charge is 2.26. The van der Waals surface area contributed by atoms with Gasteiger partial charge in [0, 0.05) is 19.2 Å². The Morgan fingerprint density at radius 3 is 3.00 bits per heavy atom. The lowest BCUT2D eigenvalue weighted by atomic mass is 10.1. The van der Waals surface area contributed by atoms with E-state index in [0.29, 0.717) is 11.8 Å². The minimum Gasteiger partial charge on any atom is -0.396 e. The van der Waals surface area contributed by atoms with Gasteiger partial charge in [-0.1, -0.05) is 0 Å². The highest BCUT2D eigenvalue weighted by atomic mass is 32.1. The van der Waals surface area contributed by atoms with Crippen molar-refractivity contribution in [3.05, 3.63) is 0 Å². The minimum atomic E-state index is 0.128. The lowest BCUT2D eigenvalue weighted by Crippen LogP contribution is -2.36. The first-order valence-corrected chi connectivity index (χ1v) is 5.44. The molecule has 1 aliphatic heterocycles. The van der Waals surface area contributed by atoms with E-state index < -0.39 is 0 Å². The molecule has 0 aliphatic carbocycles. The Balaban J connectivity index is 2.39. The summed E-state index contributed by atoms with van der Waals surface area (Å²) in [6.45, 7) is 1.09. The largest absolute Gasteiger partial charge is 0.396 e. The van der Waals surface area contributed by atoms with Gasteiger partial charge >= 0.3 is 0 Å². The van der Waals surface area contributed by atoms with Gasteiger partial charge in [-0.2, -0.15) is 12.6 Å². The van der Waals surface area contributed by atoms with E-state index in [-0.39, 0.29) is 12.5 Å². The lowest BCUT2D eigenvalue weighted by molar-refractivity contribution is -0.129. The Bertz CT molecular complexity index is 175. The average molecular weight is 203 g/mol. The molecule has 1 saturated heterocycles. The number of nitrogens with zero attached hydrogens (tertiary/aromatic N) is 1. The summed E-state index contributed by atoms with van der Waals surface area (Å²) in [5.41, 5.74) is 0. The van der Waals surface area contributed by atoms with Crippen LogP contribution < -0.4 is 0 Å². The van der Waals surface area contributed by atoms with E-state index in [0.717, 1.165) is 32.2 Å². The summed E-state index contributed by atoms with van der Waals surface area (Å²) in [4.78, 5) is 13.3. The van der Waals surface area contributed by atoms with Crippen molar-refractivity contribution in [1.82, 2.24) is 4.90 Å². The zero-order valence-electron chi connectivity index (χ0n) is 7.78. The summed E-state index contributed by atoms with van der Waals surface area (Å²) in [6.07, 6.45) is 3.90. The number of carbonyl (C=O) groups excluding carboxylic acids is 1. The van der Waals surface area contributed by atoms with Crippen LogP contribution in [-0.2, 0) is 4.79 Å². The normalized spacial score (nSPS) is 22.3. The van der Waals surface area contributed by atoms with Gasteiger partial charge in [-0.15, -0.1) is 0 Å². The smallest absolute Gasteiger partial charge is 0.232 e. The Labute approximate surface area is 84.5 Å². The van der Waals surface area contributed by atoms with Crippen LogP contribution in [0.5, 0.6) is 0 Å². The van der Waals surface area contributed by atoms with Crippen LogP contribution >= 0.6 is 12.6 Å². The number of hydrogen-bond acceptors (Lipinski definition) is 3. The summed E-state index contributed by atoms with van der Waals surface area (Å²) in [7, 11) is 0. The number of hydrogen-bond donors (Lipinski definition) is 2. The number of likely N-dealkylation sites (tertiary alicyclic amines) is 1. The maximum absolute atomic E-state index is 11.4. The molecule has 1 fully saturated rings. The molecule has 0 bridgehead atoms. The molecule has 3 nitrogen and oxygen atoms in total. The number of aliphatic hydroxyl groups is 1. The third-order valence-electron chi connectivity index (χ3n) is 2.53. The molecule has 0 aromatic carbocycles. The van der Waals surface area contributed by atoms with Gasteiger partial charge in [0.05, 0.1) is 5.75 Å². The van der Waals surface area contributed by atoms with Gasteiger partial charge in [-0.3, -0.25) is 4.79 Å². The minimum absolute atomic E-state index is 0.128. The molecule has 0 spiro atoms. The SMILES string of the molecule is O=C(CS)N1CCCC1CCCO. The molecule has 1 amide bonds.